The molecule has 0 amide bonds. The summed E-state index contributed by atoms with van der Waals surface area (Å²) in [6.07, 6.45) is 2.25. The van der Waals surface area contributed by atoms with Gasteiger partial charge in [-0.05, 0) is 25.5 Å². The number of aryl methyl sites for hydroxylation is 2. The maximum Gasteiger partial charge on any atom is 0.213 e. The van der Waals surface area contributed by atoms with Crippen LogP contribution in [0.4, 0.5) is 0 Å². The van der Waals surface area contributed by atoms with Crippen LogP contribution in [0.15, 0.2) is 36.5 Å². The molecule has 0 N–H and O–H groups in total. The van der Waals surface area contributed by atoms with Gasteiger partial charge in [0.05, 0.1) is 5.56 Å². The minimum atomic E-state index is 1.02. The van der Waals surface area contributed by atoms with E-state index >= 15 is 0 Å². The average Bonchev–Trinajstić information content (AvgIpc) is 2.57. The first kappa shape index (κ1) is 8.66. The van der Waals surface area contributed by atoms with Crippen LogP contribution in [0.5, 0.6) is 0 Å². The standard InChI is InChI=1S/C14H14N/c1-10-7-14-13-6-4-3-5-12(13)9-15(14)8-11(10)2/h3-8H,9H2,1-2H3/q+1. The van der Waals surface area contributed by atoms with Crippen molar-refractivity contribution in [3.05, 3.63) is 53.2 Å². The van der Waals surface area contributed by atoms with E-state index in [4.69, 9.17) is 0 Å². The second kappa shape index (κ2) is 2.93. The van der Waals surface area contributed by atoms with Gasteiger partial charge in [0.25, 0.3) is 0 Å². The fraction of sp³-hybridized carbons (Fsp3) is 0.214. The molecule has 2 heterocycles. The van der Waals surface area contributed by atoms with Crippen molar-refractivity contribution in [3.63, 3.8) is 0 Å². The molecule has 1 aromatic carbocycles. The lowest BCUT2D eigenvalue weighted by atomic mass is 10.1. The Morgan fingerprint density at radius 3 is 2.73 bits per heavy atom. The van der Waals surface area contributed by atoms with E-state index in [1.54, 1.807) is 0 Å². The van der Waals surface area contributed by atoms with Gasteiger partial charge in [-0.25, -0.2) is 0 Å². The molecule has 3 rings (SSSR count). The first-order valence-corrected chi connectivity index (χ1v) is 5.34. The zero-order valence-corrected chi connectivity index (χ0v) is 9.12. The predicted octanol–water partition coefficient (Wildman–Crippen LogP) is 2.62. The van der Waals surface area contributed by atoms with Crippen molar-refractivity contribution >= 4 is 0 Å². The summed E-state index contributed by atoms with van der Waals surface area (Å²) in [7, 11) is 0. The molecular formula is C14H14N+. The van der Waals surface area contributed by atoms with Crippen molar-refractivity contribution in [3.8, 4) is 11.3 Å². The van der Waals surface area contributed by atoms with Gasteiger partial charge in [-0.1, -0.05) is 18.2 Å². The van der Waals surface area contributed by atoms with E-state index < -0.39 is 0 Å². The van der Waals surface area contributed by atoms with Gasteiger partial charge in [0, 0.05) is 17.2 Å². The van der Waals surface area contributed by atoms with Crippen LogP contribution in [0.1, 0.15) is 16.7 Å². The Morgan fingerprint density at radius 1 is 1.07 bits per heavy atom. The van der Waals surface area contributed by atoms with Gasteiger partial charge in [-0.15, -0.1) is 0 Å². The Kier molecular flexibility index (Phi) is 1.69. The third-order valence-electron chi connectivity index (χ3n) is 3.27. The van der Waals surface area contributed by atoms with Gasteiger partial charge in [0.15, 0.2) is 12.7 Å². The predicted molar refractivity (Wildman–Crippen MR) is 60.6 cm³/mol. The van der Waals surface area contributed by atoms with Gasteiger partial charge < -0.3 is 0 Å². The fourth-order valence-electron chi connectivity index (χ4n) is 2.26. The molecule has 2 aromatic rings. The molecule has 0 saturated carbocycles. The molecule has 0 spiro atoms. The van der Waals surface area contributed by atoms with Crippen molar-refractivity contribution < 1.29 is 4.57 Å². The van der Waals surface area contributed by atoms with E-state index in [2.05, 4.69) is 54.9 Å². The summed E-state index contributed by atoms with van der Waals surface area (Å²) in [6, 6.07) is 11.0. The smallest absolute Gasteiger partial charge is 0.194 e. The van der Waals surface area contributed by atoms with Gasteiger partial charge in [0.2, 0.25) is 5.69 Å². The molecular weight excluding hydrogens is 182 g/mol. The molecule has 15 heavy (non-hydrogen) atoms. The molecule has 0 saturated heterocycles. The van der Waals surface area contributed by atoms with Gasteiger partial charge >= 0.3 is 0 Å². The summed E-state index contributed by atoms with van der Waals surface area (Å²) in [6.45, 7) is 5.37. The highest BCUT2D eigenvalue weighted by atomic mass is 15.0. The van der Waals surface area contributed by atoms with E-state index in [1.807, 2.05) is 0 Å². The van der Waals surface area contributed by atoms with Gasteiger partial charge in [-0.2, -0.15) is 4.57 Å². The van der Waals surface area contributed by atoms with Gasteiger partial charge in [-0.3, -0.25) is 0 Å². The molecule has 0 fully saturated rings. The molecule has 1 aromatic heterocycles. The van der Waals surface area contributed by atoms with E-state index in [1.165, 1.54) is 27.9 Å². The van der Waals surface area contributed by atoms with Crippen molar-refractivity contribution in [1.29, 1.82) is 0 Å². The van der Waals surface area contributed by atoms with Gasteiger partial charge in [0.1, 0.15) is 0 Å². The van der Waals surface area contributed by atoms with Crippen LogP contribution < -0.4 is 4.57 Å². The zero-order chi connectivity index (χ0) is 10.4. The molecule has 1 aliphatic rings. The topological polar surface area (TPSA) is 3.88 Å². The zero-order valence-electron chi connectivity index (χ0n) is 9.12. The number of nitrogens with zero attached hydrogens (tertiary/aromatic N) is 1. The van der Waals surface area contributed by atoms with Crippen molar-refractivity contribution in [1.82, 2.24) is 0 Å². The summed E-state index contributed by atoms with van der Waals surface area (Å²) >= 11 is 0. The average molecular weight is 196 g/mol. The molecule has 0 atom stereocenters. The summed E-state index contributed by atoms with van der Waals surface area (Å²) in [5.41, 5.74) is 6.92. The molecule has 1 nitrogen and oxygen atoms in total. The molecule has 0 unspecified atom stereocenters. The maximum absolute atomic E-state index is 2.34. The van der Waals surface area contributed by atoms with Crippen LogP contribution in [0.3, 0.4) is 0 Å². The highest BCUT2D eigenvalue weighted by molar-refractivity contribution is 5.63. The number of rotatable bonds is 0. The van der Waals surface area contributed by atoms with Crippen LogP contribution in [0, 0.1) is 13.8 Å². The van der Waals surface area contributed by atoms with Crippen LogP contribution in [-0.2, 0) is 6.54 Å². The Balaban J connectivity index is 2.29. The van der Waals surface area contributed by atoms with E-state index in [0.717, 1.165) is 6.54 Å². The highest BCUT2D eigenvalue weighted by Gasteiger charge is 2.25. The second-order valence-corrected chi connectivity index (χ2v) is 4.31. The van der Waals surface area contributed by atoms with Crippen molar-refractivity contribution in [2.24, 2.45) is 0 Å². The van der Waals surface area contributed by atoms with E-state index in [9.17, 15) is 0 Å². The number of fused-ring (bicyclic) bond motifs is 3. The highest BCUT2D eigenvalue weighted by Crippen LogP contribution is 2.27. The lowest BCUT2D eigenvalue weighted by Gasteiger charge is -1.99. The molecule has 1 aliphatic heterocycles. The number of aromatic nitrogens is 1. The van der Waals surface area contributed by atoms with E-state index in [0.29, 0.717) is 0 Å². The molecule has 0 bridgehead atoms. The lowest BCUT2D eigenvalue weighted by molar-refractivity contribution is -0.672. The van der Waals surface area contributed by atoms with Crippen LogP contribution in [-0.4, -0.2) is 0 Å². The first-order valence-electron chi connectivity index (χ1n) is 5.34. The Labute approximate surface area is 90.0 Å². The quantitative estimate of drug-likeness (QED) is 0.487. The first-order chi connectivity index (χ1) is 7.25. The minimum Gasteiger partial charge on any atom is -0.194 e. The summed E-state index contributed by atoms with van der Waals surface area (Å²) < 4.78 is 2.34. The third kappa shape index (κ3) is 1.19. The largest absolute Gasteiger partial charge is 0.213 e. The lowest BCUT2D eigenvalue weighted by Crippen LogP contribution is -2.32. The molecule has 0 aliphatic carbocycles. The third-order valence-corrected chi connectivity index (χ3v) is 3.27. The molecule has 74 valence electrons. The fourth-order valence-corrected chi connectivity index (χ4v) is 2.26. The normalized spacial score (nSPS) is 12.4. The number of benzene rings is 1. The van der Waals surface area contributed by atoms with E-state index in [-0.39, 0.29) is 0 Å². The number of pyridine rings is 1. The van der Waals surface area contributed by atoms with Crippen LogP contribution in [0.2, 0.25) is 0 Å². The number of hydrogen-bond acceptors (Lipinski definition) is 0. The minimum absolute atomic E-state index is 1.02. The summed E-state index contributed by atoms with van der Waals surface area (Å²) in [5.74, 6) is 0. The van der Waals surface area contributed by atoms with Crippen molar-refractivity contribution in [2.75, 3.05) is 0 Å². The summed E-state index contributed by atoms with van der Waals surface area (Å²) in [5, 5.41) is 0. The SMILES string of the molecule is Cc1cc2[n+](cc1C)Cc1ccccc1-2. The van der Waals surface area contributed by atoms with Crippen LogP contribution in [0.25, 0.3) is 11.3 Å². The monoisotopic (exact) mass is 196 g/mol. The Morgan fingerprint density at radius 2 is 1.87 bits per heavy atom. The Bertz CT molecular complexity index is 541. The number of hydrogen-bond donors (Lipinski definition) is 0. The second-order valence-electron chi connectivity index (χ2n) is 4.31. The van der Waals surface area contributed by atoms with Crippen molar-refractivity contribution in [2.45, 2.75) is 20.4 Å². The molecule has 0 radical (unpaired) electrons. The maximum atomic E-state index is 2.34. The Hall–Kier alpha value is -1.63. The molecule has 1 heteroatoms. The van der Waals surface area contributed by atoms with Crippen LogP contribution >= 0.6 is 0 Å². The summed E-state index contributed by atoms with van der Waals surface area (Å²) in [4.78, 5) is 0.